The van der Waals surface area contributed by atoms with Gasteiger partial charge in [0.1, 0.15) is 0 Å². The third kappa shape index (κ3) is 2.87. The predicted molar refractivity (Wildman–Crippen MR) is 85.0 cm³/mol. The number of thioether (sulfide) groups is 1. The van der Waals surface area contributed by atoms with Gasteiger partial charge in [-0.25, -0.2) is 0 Å². The van der Waals surface area contributed by atoms with Crippen LogP contribution in [0.1, 0.15) is 52.4 Å². The van der Waals surface area contributed by atoms with E-state index in [1.807, 2.05) is 11.8 Å². The number of piperidine rings is 1. The van der Waals surface area contributed by atoms with Crippen molar-refractivity contribution in [1.82, 2.24) is 10.2 Å². The summed E-state index contributed by atoms with van der Waals surface area (Å²) in [6.45, 7) is 6.62. The lowest BCUT2D eigenvalue weighted by atomic mass is 9.93. The van der Waals surface area contributed by atoms with Gasteiger partial charge in [0, 0.05) is 12.1 Å². The number of rotatable bonds is 4. The lowest BCUT2D eigenvalue weighted by Crippen LogP contribution is -2.46. The highest BCUT2D eigenvalue weighted by atomic mass is 32.2. The van der Waals surface area contributed by atoms with Crippen LogP contribution in [0.25, 0.3) is 0 Å². The SMILES string of the molecule is CC(C)SC(C(=O)N1C2CCC1CC2)C1CCNCC1. The molecule has 0 aromatic carbocycles. The second-order valence-electron chi connectivity index (χ2n) is 6.90. The van der Waals surface area contributed by atoms with Gasteiger partial charge < -0.3 is 10.2 Å². The molecule has 3 aliphatic rings. The minimum Gasteiger partial charge on any atom is -0.336 e. The van der Waals surface area contributed by atoms with Gasteiger partial charge in [-0.15, -0.1) is 11.8 Å². The van der Waals surface area contributed by atoms with Crippen molar-refractivity contribution in [2.45, 2.75) is 75.0 Å². The smallest absolute Gasteiger partial charge is 0.236 e. The maximum atomic E-state index is 13.1. The van der Waals surface area contributed by atoms with Crippen molar-refractivity contribution < 1.29 is 4.79 Å². The number of nitrogens with zero attached hydrogens (tertiary/aromatic N) is 1. The molecule has 3 saturated heterocycles. The van der Waals surface area contributed by atoms with Crippen LogP contribution in [0, 0.1) is 5.92 Å². The minimum absolute atomic E-state index is 0.207. The molecule has 3 rings (SSSR count). The first-order valence-electron chi connectivity index (χ1n) is 8.35. The number of hydrogen-bond donors (Lipinski definition) is 1. The first kappa shape index (κ1) is 14.7. The van der Waals surface area contributed by atoms with Crippen molar-refractivity contribution in [1.29, 1.82) is 0 Å². The fourth-order valence-corrected chi connectivity index (χ4v) is 5.55. The summed E-state index contributed by atoms with van der Waals surface area (Å²) in [6, 6.07) is 1.15. The molecule has 1 atom stereocenters. The number of fused-ring (bicyclic) bond motifs is 2. The molecule has 0 aromatic rings. The van der Waals surface area contributed by atoms with E-state index in [1.165, 1.54) is 38.5 Å². The fraction of sp³-hybridized carbons (Fsp3) is 0.938. The van der Waals surface area contributed by atoms with Gasteiger partial charge in [-0.3, -0.25) is 4.79 Å². The van der Waals surface area contributed by atoms with Crippen LogP contribution in [0.2, 0.25) is 0 Å². The maximum Gasteiger partial charge on any atom is 0.236 e. The van der Waals surface area contributed by atoms with Crippen molar-refractivity contribution >= 4 is 17.7 Å². The minimum atomic E-state index is 0.207. The normalized spacial score (nSPS) is 32.0. The van der Waals surface area contributed by atoms with Crippen LogP contribution in [0.3, 0.4) is 0 Å². The fourth-order valence-electron chi connectivity index (χ4n) is 4.23. The molecule has 1 N–H and O–H groups in total. The van der Waals surface area contributed by atoms with Crippen molar-refractivity contribution in [3.63, 3.8) is 0 Å². The Labute approximate surface area is 127 Å². The molecule has 3 heterocycles. The average molecular weight is 296 g/mol. The van der Waals surface area contributed by atoms with Crippen molar-refractivity contribution in [2.24, 2.45) is 5.92 Å². The van der Waals surface area contributed by atoms with Gasteiger partial charge in [0.2, 0.25) is 5.91 Å². The van der Waals surface area contributed by atoms with Gasteiger partial charge in [-0.05, 0) is 62.8 Å². The highest BCUT2D eigenvalue weighted by molar-refractivity contribution is 8.01. The van der Waals surface area contributed by atoms with Crippen molar-refractivity contribution in [2.75, 3.05) is 13.1 Å². The number of amides is 1. The van der Waals surface area contributed by atoms with Crippen LogP contribution in [-0.2, 0) is 4.79 Å². The monoisotopic (exact) mass is 296 g/mol. The molecule has 2 bridgehead atoms. The quantitative estimate of drug-likeness (QED) is 0.865. The van der Waals surface area contributed by atoms with Gasteiger partial charge in [0.15, 0.2) is 0 Å². The third-order valence-electron chi connectivity index (χ3n) is 5.18. The number of nitrogens with one attached hydrogen (secondary N) is 1. The van der Waals surface area contributed by atoms with Crippen LogP contribution >= 0.6 is 11.8 Å². The number of hydrogen-bond acceptors (Lipinski definition) is 3. The van der Waals surface area contributed by atoms with E-state index >= 15 is 0 Å². The summed E-state index contributed by atoms with van der Waals surface area (Å²) >= 11 is 1.91. The third-order valence-corrected chi connectivity index (χ3v) is 6.61. The van der Waals surface area contributed by atoms with Crippen molar-refractivity contribution in [3.05, 3.63) is 0 Å². The van der Waals surface area contributed by atoms with E-state index in [4.69, 9.17) is 0 Å². The zero-order valence-electron chi connectivity index (χ0n) is 12.8. The molecule has 0 saturated carbocycles. The molecule has 114 valence electrons. The first-order valence-corrected chi connectivity index (χ1v) is 9.29. The lowest BCUT2D eigenvalue weighted by molar-refractivity contribution is -0.132. The Balaban J connectivity index is 1.72. The predicted octanol–water partition coefficient (Wildman–Crippen LogP) is 2.65. The van der Waals surface area contributed by atoms with E-state index in [9.17, 15) is 4.79 Å². The topological polar surface area (TPSA) is 32.3 Å². The molecule has 3 fully saturated rings. The molecular weight excluding hydrogens is 268 g/mol. The van der Waals surface area contributed by atoms with Gasteiger partial charge >= 0.3 is 0 Å². The van der Waals surface area contributed by atoms with Crippen LogP contribution in [-0.4, -0.2) is 46.5 Å². The summed E-state index contributed by atoms with van der Waals surface area (Å²) in [6.07, 6.45) is 7.34. The van der Waals surface area contributed by atoms with E-state index in [1.54, 1.807) is 0 Å². The Kier molecular flexibility index (Phi) is 4.61. The van der Waals surface area contributed by atoms with Crippen LogP contribution in [0.4, 0.5) is 0 Å². The van der Waals surface area contributed by atoms with Crippen molar-refractivity contribution in [3.8, 4) is 0 Å². The Morgan fingerprint density at radius 2 is 1.60 bits per heavy atom. The molecule has 1 unspecified atom stereocenters. The van der Waals surface area contributed by atoms with E-state index in [0.717, 1.165) is 13.1 Å². The summed E-state index contributed by atoms with van der Waals surface area (Å²) in [4.78, 5) is 15.4. The van der Waals surface area contributed by atoms with Gasteiger partial charge in [0.05, 0.1) is 5.25 Å². The van der Waals surface area contributed by atoms with Crippen LogP contribution < -0.4 is 5.32 Å². The molecule has 0 radical (unpaired) electrons. The van der Waals surface area contributed by atoms with E-state index < -0.39 is 0 Å². The first-order chi connectivity index (χ1) is 9.66. The summed E-state index contributed by atoms with van der Waals surface area (Å²) in [7, 11) is 0. The second kappa shape index (κ2) is 6.27. The van der Waals surface area contributed by atoms with Gasteiger partial charge in [0.25, 0.3) is 0 Å². The number of carbonyl (C=O) groups excluding carboxylic acids is 1. The Morgan fingerprint density at radius 3 is 2.10 bits per heavy atom. The zero-order chi connectivity index (χ0) is 14.1. The molecule has 0 spiro atoms. The maximum absolute atomic E-state index is 13.1. The van der Waals surface area contributed by atoms with E-state index in [2.05, 4.69) is 24.1 Å². The molecule has 4 heteroatoms. The second-order valence-corrected chi connectivity index (χ2v) is 8.62. The molecule has 3 nitrogen and oxygen atoms in total. The summed E-state index contributed by atoms with van der Waals surface area (Å²) in [5.74, 6) is 1.05. The largest absolute Gasteiger partial charge is 0.336 e. The summed E-state index contributed by atoms with van der Waals surface area (Å²) in [5, 5.41) is 4.17. The van der Waals surface area contributed by atoms with Gasteiger partial charge in [-0.1, -0.05) is 13.8 Å². The summed E-state index contributed by atoms with van der Waals surface area (Å²) in [5.41, 5.74) is 0. The average Bonchev–Trinajstić information content (AvgIpc) is 3.05. The van der Waals surface area contributed by atoms with E-state index in [-0.39, 0.29) is 5.25 Å². The highest BCUT2D eigenvalue weighted by Gasteiger charge is 2.45. The Bertz CT molecular complexity index is 334. The number of carbonyl (C=O) groups is 1. The standard InChI is InChI=1S/C16H28N2OS/c1-11(2)20-15(12-7-9-17-10-8-12)16(19)18-13-3-4-14(18)6-5-13/h11-15,17H,3-10H2,1-2H3. The van der Waals surface area contributed by atoms with E-state index in [0.29, 0.717) is 29.2 Å². The summed E-state index contributed by atoms with van der Waals surface area (Å²) < 4.78 is 0. The molecule has 0 aliphatic carbocycles. The molecule has 20 heavy (non-hydrogen) atoms. The molecular formula is C16H28N2OS. The molecule has 1 amide bonds. The Morgan fingerprint density at radius 1 is 1.05 bits per heavy atom. The highest BCUT2D eigenvalue weighted by Crippen LogP contribution is 2.41. The van der Waals surface area contributed by atoms with Crippen LogP contribution in [0.15, 0.2) is 0 Å². The molecule has 0 aromatic heterocycles. The van der Waals surface area contributed by atoms with Crippen LogP contribution in [0.5, 0.6) is 0 Å². The zero-order valence-corrected chi connectivity index (χ0v) is 13.6. The van der Waals surface area contributed by atoms with Gasteiger partial charge in [-0.2, -0.15) is 0 Å². The lowest BCUT2D eigenvalue weighted by Gasteiger charge is -2.34. The Hall–Kier alpha value is -0.220. The molecule has 3 aliphatic heterocycles.